The molecule has 3 nitrogen and oxygen atoms in total. The second-order valence-electron chi connectivity index (χ2n) is 5.93. The maximum absolute atomic E-state index is 12.1. The number of hydrogen-bond donors (Lipinski definition) is 1. The van der Waals surface area contributed by atoms with E-state index in [0.717, 1.165) is 31.7 Å². The molecule has 3 atom stereocenters. The van der Waals surface area contributed by atoms with Crippen LogP contribution in [0.4, 0.5) is 13.2 Å². The first-order valence-electron chi connectivity index (χ1n) is 7.23. The summed E-state index contributed by atoms with van der Waals surface area (Å²) in [5.74, 6) is 1.25. The summed E-state index contributed by atoms with van der Waals surface area (Å²) in [5.41, 5.74) is 1.03. The van der Waals surface area contributed by atoms with Gasteiger partial charge in [-0.1, -0.05) is 12.1 Å². The van der Waals surface area contributed by atoms with Crippen LogP contribution in [-0.2, 0) is 0 Å². The topological polar surface area (TPSA) is 24.5 Å². The van der Waals surface area contributed by atoms with Crippen molar-refractivity contribution in [3.8, 4) is 5.75 Å². The predicted molar refractivity (Wildman–Crippen MR) is 73.0 cm³/mol. The van der Waals surface area contributed by atoms with Gasteiger partial charge in [0, 0.05) is 19.1 Å². The lowest BCUT2D eigenvalue weighted by Gasteiger charge is -2.25. The fourth-order valence-electron chi connectivity index (χ4n) is 3.37. The van der Waals surface area contributed by atoms with E-state index in [1.165, 1.54) is 12.1 Å². The molecule has 0 aliphatic carbocycles. The summed E-state index contributed by atoms with van der Waals surface area (Å²) in [6.07, 6.45) is -4.63. The number of alkyl halides is 3. The number of nitrogens with one attached hydrogen (secondary N) is 1. The Hall–Kier alpha value is -1.27. The highest BCUT2D eigenvalue weighted by Gasteiger charge is 2.38. The second kappa shape index (κ2) is 5.50. The minimum atomic E-state index is -4.63. The van der Waals surface area contributed by atoms with Crippen molar-refractivity contribution >= 4 is 0 Å². The Morgan fingerprint density at radius 1 is 1.14 bits per heavy atom. The molecule has 3 unspecified atom stereocenters. The minimum Gasteiger partial charge on any atom is -0.406 e. The van der Waals surface area contributed by atoms with Crippen LogP contribution in [0.15, 0.2) is 24.3 Å². The Morgan fingerprint density at radius 3 is 2.24 bits per heavy atom. The van der Waals surface area contributed by atoms with Crippen LogP contribution in [0, 0.1) is 11.8 Å². The monoisotopic (exact) mass is 300 g/mol. The molecule has 2 aliphatic rings. The van der Waals surface area contributed by atoms with E-state index in [2.05, 4.69) is 21.9 Å². The fourth-order valence-corrected chi connectivity index (χ4v) is 3.37. The number of hydrogen-bond acceptors (Lipinski definition) is 3. The maximum atomic E-state index is 12.1. The lowest BCUT2D eigenvalue weighted by atomic mass is 10.0. The Morgan fingerprint density at radius 2 is 1.71 bits per heavy atom. The third kappa shape index (κ3) is 3.32. The van der Waals surface area contributed by atoms with E-state index < -0.39 is 6.36 Å². The zero-order valence-corrected chi connectivity index (χ0v) is 11.9. The van der Waals surface area contributed by atoms with Gasteiger partial charge in [0.1, 0.15) is 5.75 Å². The molecule has 0 spiro atoms. The van der Waals surface area contributed by atoms with E-state index in [1.54, 1.807) is 12.1 Å². The van der Waals surface area contributed by atoms with Crippen molar-refractivity contribution in [2.75, 3.05) is 26.2 Å². The van der Waals surface area contributed by atoms with Crippen LogP contribution in [0.25, 0.3) is 0 Å². The van der Waals surface area contributed by atoms with Crippen LogP contribution in [0.2, 0.25) is 0 Å². The molecule has 116 valence electrons. The van der Waals surface area contributed by atoms with Crippen molar-refractivity contribution in [3.63, 3.8) is 0 Å². The molecule has 2 heterocycles. The number of fused-ring (bicyclic) bond motifs is 1. The first-order valence-corrected chi connectivity index (χ1v) is 7.23. The summed E-state index contributed by atoms with van der Waals surface area (Å²) in [6.45, 7) is 6.37. The van der Waals surface area contributed by atoms with E-state index in [-0.39, 0.29) is 11.8 Å². The van der Waals surface area contributed by atoms with E-state index in [0.29, 0.717) is 11.8 Å². The molecule has 6 heteroatoms. The number of ether oxygens (including phenoxy) is 1. The molecule has 2 fully saturated rings. The van der Waals surface area contributed by atoms with Gasteiger partial charge in [-0.05, 0) is 49.5 Å². The van der Waals surface area contributed by atoms with Crippen LogP contribution in [0.3, 0.4) is 0 Å². The van der Waals surface area contributed by atoms with Gasteiger partial charge in [-0.3, -0.25) is 4.90 Å². The number of nitrogens with zero attached hydrogens (tertiary/aromatic N) is 1. The summed E-state index contributed by atoms with van der Waals surface area (Å²) in [6, 6.07) is 6.43. The fraction of sp³-hybridized carbons (Fsp3) is 0.600. The van der Waals surface area contributed by atoms with Gasteiger partial charge in [0.15, 0.2) is 0 Å². The van der Waals surface area contributed by atoms with Crippen LogP contribution in [0.5, 0.6) is 5.75 Å². The number of rotatable bonds is 3. The molecule has 3 rings (SSSR count). The smallest absolute Gasteiger partial charge is 0.406 e. The number of likely N-dealkylation sites (tertiary alicyclic amines) is 1. The molecule has 1 aromatic rings. The summed E-state index contributed by atoms with van der Waals surface area (Å²) in [7, 11) is 0. The highest BCUT2D eigenvalue weighted by atomic mass is 19.4. The van der Waals surface area contributed by atoms with E-state index in [1.807, 2.05) is 0 Å². The van der Waals surface area contributed by atoms with E-state index in [9.17, 15) is 13.2 Å². The van der Waals surface area contributed by atoms with Crippen LogP contribution in [-0.4, -0.2) is 37.4 Å². The van der Waals surface area contributed by atoms with Gasteiger partial charge in [0.05, 0.1) is 0 Å². The number of benzene rings is 1. The normalized spacial score (nSPS) is 27.6. The summed E-state index contributed by atoms with van der Waals surface area (Å²) in [4.78, 5) is 2.41. The quantitative estimate of drug-likeness (QED) is 0.929. The van der Waals surface area contributed by atoms with Gasteiger partial charge >= 0.3 is 6.36 Å². The van der Waals surface area contributed by atoms with Crippen LogP contribution < -0.4 is 10.1 Å². The van der Waals surface area contributed by atoms with Crippen LogP contribution >= 0.6 is 0 Å². The molecule has 1 N–H and O–H groups in total. The third-order valence-electron chi connectivity index (χ3n) is 4.56. The maximum Gasteiger partial charge on any atom is 0.573 e. The highest BCUT2D eigenvalue weighted by Crippen LogP contribution is 2.33. The lowest BCUT2D eigenvalue weighted by Crippen LogP contribution is -2.28. The summed E-state index contributed by atoms with van der Waals surface area (Å²) in [5, 5.41) is 3.40. The van der Waals surface area contributed by atoms with Gasteiger partial charge in [0.25, 0.3) is 0 Å². The van der Waals surface area contributed by atoms with Crippen molar-refractivity contribution < 1.29 is 17.9 Å². The molecule has 0 saturated carbocycles. The Balaban J connectivity index is 1.64. The summed E-state index contributed by atoms with van der Waals surface area (Å²) >= 11 is 0. The average Bonchev–Trinajstić information content (AvgIpc) is 2.97. The Labute approximate surface area is 122 Å². The lowest BCUT2D eigenvalue weighted by molar-refractivity contribution is -0.274. The highest BCUT2D eigenvalue weighted by molar-refractivity contribution is 5.29. The number of halogens is 3. The SMILES string of the molecule is CC(c1ccc(OC(F)(F)F)cc1)N1CC2CNCC2C1. The minimum absolute atomic E-state index is 0.166. The van der Waals surface area contributed by atoms with E-state index >= 15 is 0 Å². The molecule has 0 bridgehead atoms. The standard InChI is InChI=1S/C15H19F3N2O/c1-10(20-8-12-6-19-7-13(12)9-20)11-2-4-14(5-3-11)21-15(16,17)18/h2-5,10,12-13,19H,6-9H2,1H3. The predicted octanol–water partition coefficient (Wildman–Crippen LogP) is 2.80. The van der Waals surface area contributed by atoms with Crippen molar-refractivity contribution in [3.05, 3.63) is 29.8 Å². The van der Waals surface area contributed by atoms with Crippen molar-refractivity contribution in [2.45, 2.75) is 19.3 Å². The molecule has 1 aromatic carbocycles. The Bertz CT molecular complexity index is 477. The largest absolute Gasteiger partial charge is 0.573 e. The van der Waals surface area contributed by atoms with Gasteiger partial charge in [0.2, 0.25) is 0 Å². The van der Waals surface area contributed by atoms with Crippen molar-refractivity contribution in [1.82, 2.24) is 10.2 Å². The van der Waals surface area contributed by atoms with Gasteiger partial charge < -0.3 is 10.1 Å². The average molecular weight is 300 g/mol. The summed E-state index contributed by atoms with van der Waals surface area (Å²) < 4.78 is 40.3. The molecular weight excluding hydrogens is 281 g/mol. The molecule has 0 amide bonds. The van der Waals surface area contributed by atoms with Gasteiger partial charge in [-0.2, -0.15) is 0 Å². The Kier molecular flexibility index (Phi) is 3.84. The van der Waals surface area contributed by atoms with Gasteiger partial charge in [-0.15, -0.1) is 13.2 Å². The van der Waals surface area contributed by atoms with Crippen LogP contribution in [0.1, 0.15) is 18.5 Å². The molecule has 2 saturated heterocycles. The molecule has 21 heavy (non-hydrogen) atoms. The van der Waals surface area contributed by atoms with E-state index in [4.69, 9.17) is 0 Å². The first kappa shape index (κ1) is 14.7. The molecule has 0 radical (unpaired) electrons. The second-order valence-corrected chi connectivity index (χ2v) is 5.93. The molecular formula is C15H19F3N2O. The first-order chi connectivity index (χ1) is 9.92. The van der Waals surface area contributed by atoms with Gasteiger partial charge in [-0.25, -0.2) is 0 Å². The zero-order chi connectivity index (χ0) is 15.0. The zero-order valence-electron chi connectivity index (χ0n) is 11.9. The molecule has 2 aliphatic heterocycles. The van der Waals surface area contributed by atoms with Crippen molar-refractivity contribution in [2.24, 2.45) is 11.8 Å². The van der Waals surface area contributed by atoms with Crippen molar-refractivity contribution in [1.29, 1.82) is 0 Å². The third-order valence-corrected chi connectivity index (χ3v) is 4.56. The molecule has 0 aromatic heterocycles.